The molecule has 0 amide bonds. The number of carbonyl (C=O) groups excluding carboxylic acids is 1. The van der Waals surface area contributed by atoms with Gasteiger partial charge < -0.3 is 19.5 Å². The van der Waals surface area contributed by atoms with Crippen LogP contribution < -0.4 is 9.47 Å². The molecule has 0 aromatic heterocycles. The third-order valence-electron chi connectivity index (χ3n) is 5.20. The zero-order valence-corrected chi connectivity index (χ0v) is 18.4. The maximum Gasteiger partial charge on any atom is 0.170 e. The normalized spacial score (nSPS) is 19.0. The Morgan fingerprint density at radius 2 is 1.60 bits per heavy atom. The highest BCUT2D eigenvalue weighted by molar-refractivity contribution is 6.30. The van der Waals surface area contributed by atoms with Crippen LogP contribution in [-0.4, -0.2) is 54.2 Å². The molecule has 5 nitrogen and oxygen atoms in total. The van der Waals surface area contributed by atoms with Gasteiger partial charge in [-0.1, -0.05) is 23.2 Å². The van der Waals surface area contributed by atoms with Crippen molar-refractivity contribution in [1.29, 1.82) is 0 Å². The van der Waals surface area contributed by atoms with Crippen LogP contribution in [0, 0.1) is 0 Å². The van der Waals surface area contributed by atoms with Crippen LogP contribution in [-0.2, 0) is 4.79 Å². The summed E-state index contributed by atoms with van der Waals surface area (Å²) >= 11 is 11.7. The Hall–Kier alpha value is -1.79. The van der Waals surface area contributed by atoms with E-state index < -0.39 is 5.60 Å². The van der Waals surface area contributed by atoms with Gasteiger partial charge in [0.05, 0.1) is 12.2 Å². The van der Waals surface area contributed by atoms with Gasteiger partial charge in [0, 0.05) is 36.1 Å². The van der Waals surface area contributed by atoms with Crippen molar-refractivity contribution in [3.8, 4) is 11.5 Å². The first-order valence-electron chi connectivity index (χ1n) is 10.2. The van der Waals surface area contributed by atoms with E-state index in [1.165, 1.54) is 0 Å². The average Bonchev–Trinajstić information content (AvgIpc) is 3.12. The number of rotatable bonds is 11. The number of ketones is 1. The van der Waals surface area contributed by atoms with Gasteiger partial charge in [-0.2, -0.15) is 0 Å². The first-order chi connectivity index (χ1) is 14.4. The number of ether oxygens (including phenoxy) is 2. The van der Waals surface area contributed by atoms with E-state index in [2.05, 4.69) is 4.90 Å². The van der Waals surface area contributed by atoms with Crippen LogP contribution in [0.25, 0.3) is 0 Å². The highest BCUT2D eigenvalue weighted by atomic mass is 35.5. The molecule has 2 aromatic rings. The van der Waals surface area contributed by atoms with Gasteiger partial charge in [0.15, 0.2) is 5.78 Å². The van der Waals surface area contributed by atoms with Crippen molar-refractivity contribution in [1.82, 2.24) is 4.90 Å². The molecule has 2 aromatic carbocycles. The van der Waals surface area contributed by atoms with Crippen LogP contribution in [0.4, 0.5) is 0 Å². The number of benzene rings is 2. The lowest BCUT2D eigenvalue weighted by atomic mass is 9.95. The number of halogens is 2. The predicted octanol–water partition coefficient (Wildman–Crippen LogP) is 4.63. The smallest absolute Gasteiger partial charge is 0.170 e. The number of nitrogens with zero attached hydrogens (tertiary/aromatic N) is 1. The van der Waals surface area contributed by atoms with Gasteiger partial charge in [-0.15, -0.1) is 0 Å². The Bertz CT molecular complexity index is 813. The van der Waals surface area contributed by atoms with Crippen LogP contribution in [0.15, 0.2) is 48.5 Å². The number of β-amino-alcohol motifs (C(OH)–C–C–N with tert-alkyl or cyclic N) is 1. The molecule has 0 bridgehead atoms. The topological polar surface area (TPSA) is 59.0 Å². The van der Waals surface area contributed by atoms with Gasteiger partial charge in [0.2, 0.25) is 0 Å². The minimum absolute atomic E-state index is 0.00344. The quantitative estimate of drug-likeness (QED) is 0.504. The molecule has 1 fully saturated rings. The molecule has 0 aliphatic carbocycles. The molecule has 3 rings (SSSR count). The molecule has 0 spiro atoms. The van der Waals surface area contributed by atoms with Crippen molar-refractivity contribution in [3.63, 3.8) is 0 Å². The molecular weight excluding hydrogens is 425 g/mol. The van der Waals surface area contributed by atoms with E-state index in [0.717, 1.165) is 25.3 Å². The lowest BCUT2D eigenvalue weighted by Gasteiger charge is -2.23. The molecule has 7 heteroatoms. The minimum atomic E-state index is -0.813. The molecule has 1 N–H and O–H groups in total. The molecule has 0 radical (unpaired) electrons. The molecule has 1 heterocycles. The van der Waals surface area contributed by atoms with Crippen LogP contribution >= 0.6 is 23.2 Å². The number of carbonyl (C=O) groups is 1. The van der Waals surface area contributed by atoms with Gasteiger partial charge in [-0.05, 0) is 67.8 Å². The fraction of sp³-hybridized carbons (Fsp3) is 0.435. The summed E-state index contributed by atoms with van der Waals surface area (Å²) in [6, 6.07) is 14.2. The highest BCUT2D eigenvalue weighted by Gasteiger charge is 2.35. The number of Topliss-reactive ketones (excluding diaryl/α,β-unsaturated/α-hetero) is 1. The zero-order valence-electron chi connectivity index (χ0n) is 16.9. The van der Waals surface area contributed by atoms with Gasteiger partial charge in [-0.25, -0.2) is 0 Å². The Morgan fingerprint density at radius 1 is 1.00 bits per heavy atom. The van der Waals surface area contributed by atoms with Crippen molar-refractivity contribution in [2.24, 2.45) is 0 Å². The van der Waals surface area contributed by atoms with E-state index in [-0.39, 0.29) is 12.4 Å². The average molecular weight is 452 g/mol. The third kappa shape index (κ3) is 7.47. The van der Waals surface area contributed by atoms with Crippen molar-refractivity contribution in [2.45, 2.75) is 31.3 Å². The van der Waals surface area contributed by atoms with E-state index in [0.29, 0.717) is 48.2 Å². The first-order valence-corrected chi connectivity index (χ1v) is 10.9. The van der Waals surface area contributed by atoms with Crippen LogP contribution in [0.3, 0.4) is 0 Å². The fourth-order valence-corrected chi connectivity index (χ4v) is 3.74. The summed E-state index contributed by atoms with van der Waals surface area (Å²) in [5.74, 6) is 1.39. The first kappa shape index (κ1) is 22.9. The van der Waals surface area contributed by atoms with Crippen LogP contribution in [0.5, 0.6) is 11.5 Å². The summed E-state index contributed by atoms with van der Waals surface area (Å²) in [5, 5.41) is 12.1. The summed E-state index contributed by atoms with van der Waals surface area (Å²) < 4.78 is 11.2. The third-order valence-corrected chi connectivity index (χ3v) is 5.70. The molecule has 1 aliphatic rings. The van der Waals surface area contributed by atoms with Gasteiger partial charge in [0.1, 0.15) is 18.1 Å². The van der Waals surface area contributed by atoms with Crippen molar-refractivity contribution in [2.75, 3.05) is 32.8 Å². The molecule has 1 atom stereocenters. The number of likely N-dealkylation sites (tertiary alicyclic amines) is 1. The molecule has 0 saturated carbocycles. The van der Waals surface area contributed by atoms with Gasteiger partial charge >= 0.3 is 0 Å². The van der Waals surface area contributed by atoms with E-state index in [4.69, 9.17) is 32.7 Å². The second-order valence-corrected chi connectivity index (χ2v) is 8.56. The van der Waals surface area contributed by atoms with Crippen molar-refractivity contribution < 1.29 is 19.4 Å². The standard InChI is InChI=1S/C23H27Cl2NO4/c24-18-2-6-21(7-3-18)29-15-1-13-26-14-12-23(28,17-26)11-10-20(27)16-30-22-8-4-19(25)5-9-22/h2-9,28H,1,10-17H2. The van der Waals surface area contributed by atoms with Crippen LogP contribution in [0.1, 0.15) is 25.7 Å². The summed E-state index contributed by atoms with van der Waals surface area (Å²) in [4.78, 5) is 14.4. The molecule has 1 unspecified atom stereocenters. The molecule has 1 aliphatic heterocycles. The SMILES string of the molecule is O=C(CCC1(O)CCN(CCCOc2ccc(Cl)cc2)C1)COc1ccc(Cl)cc1. The Kier molecular flexibility index (Phi) is 8.40. The Morgan fingerprint density at radius 3 is 2.23 bits per heavy atom. The highest BCUT2D eigenvalue weighted by Crippen LogP contribution is 2.26. The second kappa shape index (κ2) is 11.0. The lowest BCUT2D eigenvalue weighted by molar-refractivity contribution is -0.122. The van der Waals surface area contributed by atoms with E-state index in [1.807, 2.05) is 12.1 Å². The summed E-state index contributed by atoms with van der Waals surface area (Å²) in [7, 11) is 0. The van der Waals surface area contributed by atoms with Gasteiger partial charge in [-0.3, -0.25) is 4.79 Å². The molecule has 162 valence electrons. The summed E-state index contributed by atoms with van der Waals surface area (Å²) in [6.45, 7) is 2.87. The predicted molar refractivity (Wildman–Crippen MR) is 119 cm³/mol. The number of hydrogen-bond donors (Lipinski definition) is 1. The lowest BCUT2D eigenvalue weighted by Crippen LogP contribution is -2.34. The number of hydrogen-bond acceptors (Lipinski definition) is 5. The van der Waals surface area contributed by atoms with Crippen molar-refractivity contribution >= 4 is 29.0 Å². The van der Waals surface area contributed by atoms with Crippen molar-refractivity contribution in [3.05, 3.63) is 58.6 Å². The Balaban J connectivity index is 1.30. The fourth-order valence-electron chi connectivity index (χ4n) is 3.48. The van der Waals surface area contributed by atoms with E-state index >= 15 is 0 Å². The largest absolute Gasteiger partial charge is 0.494 e. The van der Waals surface area contributed by atoms with Gasteiger partial charge in [0.25, 0.3) is 0 Å². The van der Waals surface area contributed by atoms with E-state index in [1.54, 1.807) is 36.4 Å². The zero-order chi connectivity index (χ0) is 21.4. The summed E-state index contributed by atoms with van der Waals surface area (Å²) in [6.07, 6.45) is 2.30. The summed E-state index contributed by atoms with van der Waals surface area (Å²) in [5.41, 5.74) is -0.813. The minimum Gasteiger partial charge on any atom is -0.494 e. The monoisotopic (exact) mass is 451 g/mol. The molecule has 1 saturated heterocycles. The molecular formula is C23H27Cl2NO4. The number of aliphatic hydroxyl groups is 1. The second-order valence-electron chi connectivity index (χ2n) is 7.69. The maximum atomic E-state index is 12.1. The van der Waals surface area contributed by atoms with Crippen LogP contribution in [0.2, 0.25) is 10.0 Å². The van der Waals surface area contributed by atoms with E-state index in [9.17, 15) is 9.90 Å². The molecule has 30 heavy (non-hydrogen) atoms. The maximum absolute atomic E-state index is 12.1. The Labute approximate surface area is 187 Å².